The van der Waals surface area contributed by atoms with Crippen molar-refractivity contribution >= 4 is 5.97 Å². The monoisotopic (exact) mass is 334 g/mol. The molecular weight excluding hydrogens is 308 g/mol. The Labute approximate surface area is 135 Å². The molecule has 2 N–H and O–H groups in total. The van der Waals surface area contributed by atoms with Gasteiger partial charge in [0.25, 0.3) is 0 Å². The number of aliphatic hydroxyl groups excluding tert-OH is 2. The van der Waals surface area contributed by atoms with E-state index in [1.807, 2.05) is 0 Å². The third-order valence-corrected chi connectivity index (χ3v) is 3.75. The molecule has 0 unspecified atom stereocenters. The summed E-state index contributed by atoms with van der Waals surface area (Å²) >= 11 is 0. The first-order chi connectivity index (χ1) is 10.6. The summed E-state index contributed by atoms with van der Waals surface area (Å²) in [6, 6.07) is 0. The Kier molecular flexibility index (Phi) is 5.34. The summed E-state index contributed by atoms with van der Waals surface area (Å²) in [5.41, 5.74) is 0. The van der Waals surface area contributed by atoms with Gasteiger partial charge in [-0.2, -0.15) is 0 Å². The maximum atomic E-state index is 11.6. The first-order valence-electron chi connectivity index (χ1n) is 7.76. The van der Waals surface area contributed by atoms with Crippen LogP contribution in [0, 0.1) is 0 Å². The van der Waals surface area contributed by atoms with E-state index < -0.39 is 48.1 Å². The maximum absolute atomic E-state index is 11.6. The highest BCUT2D eigenvalue weighted by Gasteiger charge is 2.53. The predicted octanol–water partition coefficient (Wildman–Crippen LogP) is -0.0571. The number of ether oxygens (including phenoxy) is 5. The summed E-state index contributed by atoms with van der Waals surface area (Å²) in [4.78, 5) is 11.6. The van der Waals surface area contributed by atoms with Crippen molar-refractivity contribution in [1.82, 2.24) is 0 Å². The van der Waals surface area contributed by atoms with Gasteiger partial charge in [0.2, 0.25) is 0 Å². The second-order valence-electron chi connectivity index (χ2n) is 6.62. The molecule has 0 aromatic heterocycles. The molecule has 134 valence electrons. The van der Waals surface area contributed by atoms with E-state index in [0.29, 0.717) is 0 Å². The van der Waals surface area contributed by atoms with Gasteiger partial charge in [-0.25, -0.2) is 4.79 Å². The molecule has 0 aromatic rings. The fourth-order valence-electron chi connectivity index (χ4n) is 2.79. The first kappa shape index (κ1) is 18.6. The lowest BCUT2D eigenvalue weighted by Crippen LogP contribution is -2.50. The maximum Gasteiger partial charge on any atom is 0.337 e. The minimum Gasteiger partial charge on any atom is -0.464 e. The molecule has 2 heterocycles. The Balaban J connectivity index is 2.12. The van der Waals surface area contributed by atoms with E-state index in [2.05, 4.69) is 0 Å². The topological polar surface area (TPSA) is 104 Å². The van der Waals surface area contributed by atoms with Crippen LogP contribution in [-0.2, 0) is 28.5 Å². The summed E-state index contributed by atoms with van der Waals surface area (Å²) in [5, 5.41) is 20.3. The SMILES string of the molecule is CCOC(=O)[C@@H](O)[C@H](O)[C@@H]1OC(C)(C)O[C@@H]1[C@H]1COC(C)(C)O1. The zero-order chi connectivity index (χ0) is 17.4. The van der Waals surface area contributed by atoms with E-state index in [9.17, 15) is 15.0 Å². The molecular formula is C15H26O8. The minimum atomic E-state index is -1.73. The molecule has 0 spiro atoms. The van der Waals surface area contributed by atoms with E-state index in [-0.39, 0.29) is 13.2 Å². The molecule has 23 heavy (non-hydrogen) atoms. The van der Waals surface area contributed by atoms with Crippen molar-refractivity contribution < 1.29 is 38.7 Å². The number of carbonyl (C=O) groups excluding carboxylic acids is 1. The molecule has 0 bridgehead atoms. The minimum absolute atomic E-state index is 0.104. The Morgan fingerprint density at radius 1 is 1.17 bits per heavy atom. The summed E-state index contributed by atoms with van der Waals surface area (Å²) < 4.78 is 27.5. The highest BCUT2D eigenvalue weighted by atomic mass is 16.8. The highest BCUT2D eigenvalue weighted by molar-refractivity contribution is 5.75. The van der Waals surface area contributed by atoms with Crippen molar-refractivity contribution in [2.75, 3.05) is 13.2 Å². The second kappa shape index (κ2) is 6.62. The van der Waals surface area contributed by atoms with Crippen LogP contribution in [0.1, 0.15) is 34.6 Å². The number of esters is 1. The molecule has 0 aliphatic carbocycles. The Hall–Kier alpha value is -0.770. The standard InChI is InChI=1S/C15H26O8/c1-6-19-13(18)10(17)9(16)12-11(22-15(4,5)23-12)8-7-20-14(2,3)21-8/h8-12,16-17H,6-7H2,1-5H3/t8-,9+,10+,11-,12+/m1/s1. The molecule has 5 atom stereocenters. The first-order valence-corrected chi connectivity index (χ1v) is 7.76. The van der Waals surface area contributed by atoms with Crippen LogP contribution in [0.15, 0.2) is 0 Å². The van der Waals surface area contributed by atoms with Crippen LogP contribution in [0.3, 0.4) is 0 Å². The van der Waals surface area contributed by atoms with Crippen molar-refractivity contribution in [2.45, 2.75) is 76.7 Å². The van der Waals surface area contributed by atoms with Crippen molar-refractivity contribution in [3.63, 3.8) is 0 Å². The smallest absolute Gasteiger partial charge is 0.337 e. The van der Waals surface area contributed by atoms with Gasteiger partial charge in [-0.15, -0.1) is 0 Å². The van der Waals surface area contributed by atoms with Gasteiger partial charge in [0, 0.05) is 0 Å². The number of hydrogen-bond donors (Lipinski definition) is 2. The van der Waals surface area contributed by atoms with E-state index in [0.717, 1.165) is 0 Å². The molecule has 8 nitrogen and oxygen atoms in total. The fraction of sp³-hybridized carbons (Fsp3) is 0.933. The van der Waals surface area contributed by atoms with Gasteiger partial charge in [0.05, 0.1) is 13.2 Å². The molecule has 2 aliphatic rings. The zero-order valence-electron chi connectivity index (χ0n) is 14.1. The molecule has 2 aliphatic heterocycles. The molecule has 0 amide bonds. The number of carbonyl (C=O) groups is 1. The van der Waals surface area contributed by atoms with Crippen LogP contribution in [0.25, 0.3) is 0 Å². The van der Waals surface area contributed by atoms with E-state index in [1.165, 1.54) is 0 Å². The van der Waals surface area contributed by atoms with Crippen LogP contribution in [0.2, 0.25) is 0 Å². The van der Waals surface area contributed by atoms with Crippen LogP contribution >= 0.6 is 0 Å². The summed E-state index contributed by atoms with van der Waals surface area (Å²) in [5.74, 6) is -2.66. The van der Waals surface area contributed by atoms with Gasteiger partial charge in [0.1, 0.15) is 24.4 Å². The van der Waals surface area contributed by atoms with Gasteiger partial charge < -0.3 is 33.9 Å². The number of rotatable bonds is 5. The molecule has 0 radical (unpaired) electrons. The number of hydrogen-bond acceptors (Lipinski definition) is 8. The van der Waals surface area contributed by atoms with Crippen molar-refractivity contribution in [3.8, 4) is 0 Å². The van der Waals surface area contributed by atoms with Gasteiger partial charge >= 0.3 is 5.97 Å². The molecule has 2 saturated heterocycles. The average molecular weight is 334 g/mol. The Morgan fingerprint density at radius 2 is 1.83 bits per heavy atom. The lowest BCUT2D eigenvalue weighted by Gasteiger charge is -2.28. The summed E-state index contributed by atoms with van der Waals surface area (Å²) in [7, 11) is 0. The van der Waals surface area contributed by atoms with Crippen LogP contribution in [0.5, 0.6) is 0 Å². The van der Waals surface area contributed by atoms with Gasteiger partial charge in [-0.05, 0) is 34.6 Å². The lowest BCUT2D eigenvalue weighted by molar-refractivity contribution is -0.179. The third-order valence-electron chi connectivity index (χ3n) is 3.75. The number of aliphatic hydroxyl groups is 2. The van der Waals surface area contributed by atoms with E-state index in [1.54, 1.807) is 34.6 Å². The van der Waals surface area contributed by atoms with Crippen LogP contribution < -0.4 is 0 Å². The van der Waals surface area contributed by atoms with E-state index >= 15 is 0 Å². The molecule has 2 rings (SSSR count). The third kappa shape index (κ3) is 4.20. The molecule has 0 saturated carbocycles. The second-order valence-corrected chi connectivity index (χ2v) is 6.62. The van der Waals surface area contributed by atoms with Gasteiger partial charge in [0.15, 0.2) is 17.7 Å². The highest BCUT2D eigenvalue weighted by Crippen LogP contribution is 2.37. The van der Waals surface area contributed by atoms with Crippen LogP contribution in [-0.4, -0.2) is 71.5 Å². The summed E-state index contributed by atoms with van der Waals surface area (Å²) in [6.07, 6.45) is -5.36. The van der Waals surface area contributed by atoms with Crippen LogP contribution in [0.4, 0.5) is 0 Å². The normalized spacial score (nSPS) is 35.0. The quantitative estimate of drug-likeness (QED) is 0.674. The van der Waals surface area contributed by atoms with Crippen molar-refractivity contribution in [1.29, 1.82) is 0 Å². The average Bonchev–Trinajstić information content (AvgIpc) is 2.96. The molecule has 2 fully saturated rings. The van der Waals surface area contributed by atoms with Gasteiger partial charge in [-0.3, -0.25) is 0 Å². The zero-order valence-corrected chi connectivity index (χ0v) is 14.1. The van der Waals surface area contributed by atoms with Crippen molar-refractivity contribution in [2.24, 2.45) is 0 Å². The molecule has 0 aromatic carbocycles. The molecule has 8 heteroatoms. The van der Waals surface area contributed by atoms with Gasteiger partial charge in [-0.1, -0.05) is 0 Å². The lowest BCUT2D eigenvalue weighted by atomic mass is 9.99. The largest absolute Gasteiger partial charge is 0.464 e. The van der Waals surface area contributed by atoms with Crippen molar-refractivity contribution in [3.05, 3.63) is 0 Å². The Morgan fingerprint density at radius 3 is 2.35 bits per heavy atom. The Bertz CT molecular complexity index is 435. The van der Waals surface area contributed by atoms with E-state index in [4.69, 9.17) is 23.7 Å². The summed E-state index contributed by atoms with van der Waals surface area (Å²) in [6.45, 7) is 8.89. The predicted molar refractivity (Wildman–Crippen MR) is 77.4 cm³/mol. The fourth-order valence-corrected chi connectivity index (χ4v) is 2.79.